The van der Waals surface area contributed by atoms with Gasteiger partial charge in [-0.2, -0.15) is 0 Å². The molecule has 7 heteroatoms. The summed E-state index contributed by atoms with van der Waals surface area (Å²) in [6, 6.07) is 22.9. The Balaban J connectivity index is 1.86. The highest BCUT2D eigenvalue weighted by atomic mass is 32.2. The van der Waals surface area contributed by atoms with Gasteiger partial charge in [0.2, 0.25) is 0 Å². The van der Waals surface area contributed by atoms with Crippen LogP contribution in [0.25, 0.3) is 0 Å². The fraction of sp³-hybridized carbons (Fsp3) is 0.269. The van der Waals surface area contributed by atoms with E-state index in [2.05, 4.69) is 0 Å². The molecule has 0 fully saturated rings. The van der Waals surface area contributed by atoms with Crippen molar-refractivity contribution in [2.75, 3.05) is 18.5 Å². The lowest BCUT2D eigenvalue weighted by molar-refractivity contribution is 0.0671. The first-order chi connectivity index (χ1) is 15.8. The van der Waals surface area contributed by atoms with Gasteiger partial charge in [0, 0.05) is 25.2 Å². The van der Waals surface area contributed by atoms with Crippen LogP contribution in [-0.4, -0.2) is 39.4 Å². The van der Waals surface area contributed by atoms with Crippen LogP contribution in [0.1, 0.15) is 36.2 Å². The number of ether oxygens (including phenoxy) is 1. The normalized spacial score (nSPS) is 12.1. The summed E-state index contributed by atoms with van der Waals surface area (Å²) in [5, 5.41) is 0. The van der Waals surface area contributed by atoms with Gasteiger partial charge in [0.15, 0.2) is 0 Å². The predicted octanol–water partition coefficient (Wildman–Crippen LogP) is 4.96. The Morgan fingerprint density at radius 3 is 2.15 bits per heavy atom. The number of carbonyl (C=O) groups is 1. The fourth-order valence-electron chi connectivity index (χ4n) is 3.54. The third-order valence-corrected chi connectivity index (χ3v) is 7.55. The van der Waals surface area contributed by atoms with Gasteiger partial charge in [-0.3, -0.25) is 9.10 Å². The van der Waals surface area contributed by atoms with Crippen molar-refractivity contribution in [2.24, 2.45) is 0 Å². The van der Waals surface area contributed by atoms with Crippen molar-refractivity contribution < 1.29 is 17.9 Å². The van der Waals surface area contributed by atoms with Crippen molar-refractivity contribution in [1.29, 1.82) is 0 Å². The lowest BCUT2D eigenvalue weighted by Crippen LogP contribution is -2.37. The van der Waals surface area contributed by atoms with Gasteiger partial charge in [0.1, 0.15) is 5.75 Å². The van der Waals surface area contributed by atoms with Gasteiger partial charge in [0.25, 0.3) is 15.9 Å². The molecule has 1 amide bonds. The largest absolute Gasteiger partial charge is 0.495 e. The predicted molar refractivity (Wildman–Crippen MR) is 131 cm³/mol. The third kappa shape index (κ3) is 5.37. The van der Waals surface area contributed by atoms with Crippen molar-refractivity contribution in [3.05, 3.63) is 90.0 Å². The molecular formula is C26H30N2O4S. The van der Waals surface area contributed by atoms with Crippen LogP contribution in [0.3, 0.4) is 0 Å². The molecule has 0 heterocycles. The Morgan fingerprint density at radius 1 is 0.939 bits per heavy atom. The average Bonchev–Trinajstić information content (AvgIpc) is 2.86. The summed E-state index contributed by atoms with van der Waals surface area (Å²) in [5.74, 6) is 0.329. The molecule has 0 aromatic heterocycles. The van der Waals surface area contributed by atoms with Crippen molar-refractivity contribution in [3.8, 4) is 5.75 Å². The maximum absolute atomic E-state index is 13.3. The lowest BCUT2D eigenvalue weighted by atomic mass is 10.1. The fourth-order valence-corrected chi connectivity index (χ4v) is 4.75. The maximum atomic E-state index is 13.3. The Labute approximate surface area is 196 Å². The number of carbonyl (C=O) groups excluding carboxylic acids is 1. The number of hydrogen-bond donors (Lipinski definition) is 0. The molecule has 3 aromatic rings. The summed E-state index contributed by atoms with van der Waals surface area (Å²) >= 11 is 0. The molecular weight excluding hydrogens is 436 g/mol. The topological polar surface area (TPSA) is 66.9 Å². The molecule has 0 aliphatic heterocycles. The highest BCUT2D eigenvalue weighted by Gasteiger charge is 2.25. The number of methoxy groups -OCH3 is 1. The van der Waals surface area contributed by atoms with E-state index in [9.17, 15) is 13.2 Å². The minimum absolute atomic E-state index is 0.0396. The monoisotopic (exact) mass is 466 g/mol. The van der Waals surface area contributed by atoms with E-state index in [0.29, 0.717) is 23.5 Å². The smallest absolute Gasteiger partial charge is 0.264 e. The van der Waals surface area contributed by atoms with Gasteiger partial charge in [-0.25, -0.2) is 8.42 Å². The summed E-state index contributed by atoms with van der Waals surface area (Å²) in [4.78, 5) is 15.2. The van der Waals surface area contributed by atoms with Gasteiger partial charge >= 0.3 is 0 Å². The Bertz CT molecular complexity index is 1180. The van der Waals surface area contributed by atoms with Crippen LogP contribution in [0, 0.1) is 0 Å². The molecule has 0 saturated carbocycles. The summed E-state index contributed by atoms with van der Waals surface area (Å²) < 4.78 is 32.9. The summed E-state index contributed by atoms with van der Waals surface area (Å²) in [6.45, 7) is 4.55. The van der Waals surface area contributed by atoms with Gasteiger partial charge in [-0.1, -0.05) is 49.4 Å². The minimum Gasteiger partial charge on any atom is -0.495 e. The number of para-hydroxylation sites is 2. The Hall–Kier alpha value is -3.32. The lowest BCUT2D eigenvalue weighted by Gasteiger charge is -2.29. The summed E-state index contributed by atoms with van der Waals surface area (Å²) in [6.07, 6.45) is 0.814. The summed E-state index contributed by atoms with van der Waals surface area (Å²) in [5.41, 5.74) is 1.93. The number of hydrogen-bond acceptors (Lipinski definition) is 4. The van der Waals surface area contributed by atoms with Gasteiger partial charge in [-0.15, -0.1) is 0 Å². The number of benzene rings is 3. The van der Waals surface area contributed by atoms with E-state index in [4.69, 9.17) is 4.74 Å². The molecule has 0 N–H and O–H groups in total. The molecule has 0 spiro atoms. The maximum Gasteiger partial charge on any atom is 0.264 e. The van der Waals surface area contributed by atoms with Crippen molar-refractivity contribution in [3.63, 3.8) is 0 Å². The van der Waals surface area contributed by atoms with Crippen LogP contribution in [0.5, 0.6) is 5.75 Å². The second kappa shape index (κ2) is 10.5. The molecule has 0 radical (unpaired) electrons. The van der Waals surface area contributed by atoms with Crippen LogP contribution in [0.15, 0.2) is 83.8 Å². The average molecular weight is 467 g/mol. The van der Waals surface area contributed by atoms with Crippen molar-refractivity contribution >= 4 is 21.6 Å². The molecule has 0 bridgehead atoms. The standard InChI is InChI=1S/C26H30N2O4S/c1-5-20(2)28(19-21-11-7-6-8-12-21)26(29)22-15-17-23(18-16-22)33(30,31)27(3)24-13-9-10-14-25(24)32-4/h6-18,20H,5,19H2,1-4H3. The van der Waals surface area contributed by atoms with Crippen molar-refractivity contribution in [2.45, 2.75) is 37.8 Å². The molecule has 174 valence electrons. The van der Waals surface area contributed by atoms with E-state index in [-0.39, 0.29) is 16.8 Å². The highest BCUT2D eigenvalue weighted by Crippen LogP contribution is 2.31. The zero-order valence-electron chi connectivity index (χ0n) is 19.4. The third-order valence-electron chi connectivity index (χ3n) is 5.76. The van der Waals surface area contributed by atoms with Crippen LogP contribution in [0.2, 0.25) is 0 Å². The van der Waals surface area contributed by atoms with Gasteiger partial charge in [-0.05, 0) is 55.3 Å². The first-order valence-electron chi connectivity index (χ1n) is 10.9. The molecule has 6 nitrogen and oxygen atoms in total. The first kappa shape index (κ1) is 24.3. The molecule has 3 aromatic carbocycles. The molecule has 0 aliphatic carbocycles. The molecule has 33 heavy (non-hydrogen) atoms. The van der Waals surface area contributed by atoms with Crippen LogP contribution in [-0.2, 0) is 16.6 Å². The van der Waals surface area contributed by atoms with Gasteiger partial charge < -0.3 is 9.64 Å². The first-order valence-corrected chi connectivity index (χ1v) is 12.3. The molecule has 1 unspecified atom stereocenters. The zero-order chi connectivity index (χ0) is 24.0. The number of amides is 1. The number of rotatable bonds is 9. The zero-order valence-corrected chi connectivity index (χ0v) is 20.2. The van der Waals surface area contributed by atoms with E-state index in [1.54, 1.807) is 36.4 Å². The van der Waals surface area contributed by atoms with Crippen LogP contribution < -0.4 is 9.04 Å². The van der Waals surface area contributed by atoms with E-state index in [0.717, 1.165) is 12.0 Å². The molecule has 1 atom stereocenters. The second-order valence-electron chi connectivity index (χ2n) is 7.84. The number of nitrogens with zero attached hydrogens (tertiary/aromatic N) is 2. The van der Waals surface area contributed by atoms with E-state index in [1.165, 1.54) is 30.6 Å². The van der Waals surface area contributed by atoms with E-state index in [1.807, 2.05) is 49.1 Å². The molecule has 3 rings (SSSR count). The Morgan fingerprint density at radius 2 is 1.55 bits per heavy atom. The SMILES string of the molecule is CCC(C)N(Cc1ccccc1)C(=O)c1ccc(S(=O)(=O)N(C)c2ccccc2OC)cc1. The number of anilines is 1. The molecule has 0 saturated heterocycles. The summed E-state index contributed by atoms with van der Waals surface area (Å²) in [7, 11) is -0.847. The quantitative estimate of drug-likeness (QED) is 0.447. The van der Waals surface area contributed by atoms with Gasteiger partial charge in [0.05, 0.1) is 17.7 Å². The van der Waals surface area contributed by atoms with Crippen LogP contribution in [0.4, 0.5) is 5.69 Å². The number of sulfonamides is 1. The van der Waals surface area contributed by atoms with Crippen LogP contribution >= 0.6 is 0 Å². The minimum atomic E-state index is -3.83. The van der Waals surface area contributed by atoms with E-state index >= 15 is 0 Å². The molecule has 0 aliphatic rings. The Kier molecular flexibility index (Phi) is 7.76. The second-order valence-corrected chi connectivity index (χ2v) is 9.81. The van der Waals surface area contributed by atoms with Crippen molar-refractivity contribution in [1.82, 2.24) is 4.90 Å². The van der Waals surface area contributed by atoms with E-state index < -0.39 is 10.0 Å². The highest BCUT2D eigenvalue weighted by molar-refractivity contribution is 7.92.